The average Bonchev–Trinajstić information content (AvgIpc) is 2.98. The molecular formula is C12H20N2O. The van der Waals surface area contributed by atoms with Gasteiger partial charge < -0.3 is 10.6 Å². The topological polar surface area (TPSA) is 46.3 Å². The maximum Gasteiger partial charge on any atom is 0.227 e. The molecule has 0 spiro atoms. The van der Waals surface area contributed by atoms with E-state index in [1.54, 1.807) is 4.90 Å². The van der Waals surface area contributed by atoms with Crippen LogP contribution in [0.2, 0.25) is 0 Å². The van der Waals surface area contributed by atoms with Gasteiger partial charge in [0, 0.05) is 12.6 Å². The van der Waals surface area contributed by atoms with Gasteiger partial charge >= 0.3 is 0 Å². The third kappa shape index (κ3) is 3.56. The van der Waals surface area contributed by atoms with Gasteiger partial charge in [0.2, 0.25) is 5.91 Å². The number of terminal acetylenes is 1. The lowest BCUT2D eigenvalue weighted by Crippen LogP contribution is -2.42. The van der Waals surface area contributed by atoms with Crippen LogP contribution in [0.25, 0.3) is 0 Å². The van der Waals surface area contributed by atoms with Gasteiger partial charge in [-0.25, -0.2) is 0 Å². The maximum absolute atomic E-state index is 12.0. The highest BCUT2D eigenvalue weighted by molar-refractivity contribution is 5.79. The molecule has 1 saturated carbocycles. The summed E-state index contributed by atoms with van der Waals surface area (Å²) in [5.74, 6) is 3.16. The quantitative estimate of drug-likeness (QED) is 0.681. The summed E-state index contributed by atoms with van der Waals surface area (Å²) in [4.78, 5) is 13.8. The molecule has 1 fully saturated rings. The number of nitrogens with zero attached hydrogens (tertiary/aromatic N) is 1. The van der Waals surface area contributed by atoms with Crippen molar-refractivity contribution in [2.24, 2.45) is 17.6 Å². The Morgan fingerprint density at radius 3 is 2.60 bits per heavy atom. The molecule has 0 aromatic rings. The van der Waals surface area contributed by atoms with Gasteiger partial charge in [-0.15, -0.1) is 6.42 Å². The van der Waals surface area contributed by atoms with E-state index in [2.05, 4.69) is 5.92 Å². The Morgan fingerprint density at radius 1 is 1.60 bits per heavy atom. The van der Waals surface area contributed by atoms with Crippen LogP contribution in [0.4, 0.5) is 0 Å². The van der Waals surface area contributed by atoms with E-state index in [0.29, 0.717) is 12.5 Å². The van der Waals surface area contributed by atoms with Gasteiger partial charge in [-0.05, 0) is 25.7 Å². The number of hydrogen-bond donors (Lipinski definition) is 1. The molecule has 0 saturated heterocycles. The second-order valence-electron chi connectivity index (χ2n) is 4.51. The molecule has 1 aliphatic carbocycles. The molecule has 1 amide bonds. The molecule has 3 nitrogen and oxygen atoms in total. The zero-order chi connectivity index (χ0) is 11.4. The van der Waals surface area contributed by atoms with Gasteiger partial charge in [0.15, 0.2) is 0 Å². The molecule has 0 aromatic carbocycles. The largest absolute Gasteiger partial charge is 0.331 e. The highest BCUT2D eigenvalue weighted by atomic mass is 16.2. The zero-order valence-corrected chi connectivity index (χ0v) is 9.57. The summed E-state index contributed by atoms with van der Waals surface area (Å²) in [5, 5.41) is 0. The minimum atomic E-state index is -0.142. The van der Waals surface area contributed by atoms with Crippen molar-refractivity contribution in [3.8, 4) is 12.3 Å². The van der Waals surface area contributed by atoms with E-state index in [1.807, 2.05) is 13.8 Å². The van der Waals surface area contributed by atoms with Crippen molar-refractivity contribution >= 4 is 5.91 Å². The molecule has 1 aliphatic rings. The number of hydrogen-bond acceptors (Lipinski definition) is 2. The minimum Gasteiger partial charge on any atom is -0.331 e. The molecule has 2 atom stereocenters. The van der Waals surface area contributed by atoms with Crippen LogP contribution in [0.1, 0.15) is 26.7 Å². The Bertz CT molecular complexity index is 263. The molecule has 0 heterocycles. The first-order valence-electron chi connectivity index (χ1n) is 5.54. The van der Waals surface area contributed by atoms with Crippen LogP contribution < -0.4 is 5.73 Å². The van der Waals surface area contributed by atoms with E-state index in [1.165, 1.54) is 12.8 Å². The van der Waals surface area contributed by atoms with E-state index in [0.717, 1.165) is 6.54 Å². The zero-order valence-electron chi connectivity index (χ0n) is 9.57. The molecule has 1 rings (SSSR count). The van der Waals surface area contributed by atoms with E-state index in [9.17, 15) is 4.79 Å². The second-order valence-corrected chi connectivity index (χ2v) is 4.51. The van der Waals surface area contributed by atoms with Crippen molar-refractivity contribution in [2.75, 3.05) is 13.1 Å². The summed E-state index contributed by atoms with van der Waals surface area (Å²) in [6, 6.07) is -0.114. The molecule has 3 heteroatoms. The van der Waals surface area contributed by atoms with Crippen molar-refractivity contribution in [2.45, 2.75) is 32.7 Å². The molecule has 0 bridgehead atoms. The van der Waals surface area contributed by atoms with Crippen LogP contribution in [0.3, 0.4) is 0 Å². The van der Waals surface area contributed by atoms with Gasteiger partial charge in [0.05, 0.1) is 12.5 Å². The lowest BCUT2D eigenvalue weighted by Gasteiger charge is -2.25. The van der Waals surface area contributed by atoms with Gasteiger partial charge in [-0.2, -0.15) is 0 Å². The predicted molar refractivity (Wildman–Crippen MR) is 61.0 cm³/mol. The van der Waals surface area contributed by atoms with Crippen LogP contribution in [-0.2, 0) is 4.79 Å². The SMILES string of the molecule is C#CCN(CC1CC1)C(=O)C(C)C(C)N. The Morgan fingerprint density at radius 2 is 2.20 bits per heavy atom. The summed E-state index contributed by atoms with van der Waals surface area (Å²) in [6.45, 7) is 4.93. The molecule has 84 valence electrons. The molecule has 0 radical (unpaired) electrons. The Kier molecular flexibility index (Phi) is 4.16. The molecule has 15 heavy (non-hydrogen) atoms. The fourth-order valence-electron chi connectivity index (χ4n) is 1.47. The van der Waals surface area contributed by atoms with E-state index in [4.69, 9.17) is 12.2 Å². The number of carbonyl (C=O) groups excluding carboxylic acids is 1. The van der Waals surface area contributed by atoms with Gasteiger partial charge in [-0.1, -0.05) is 12.8 Å². The number of amides is 1. The van der Waals surface area contributed by atoms with Crippen LogP contribution in [0.5, 0.6) is 0 Å². The molecule has 0 aliphatic heterocycles. The predicted octanol–water partition coefficient (Wildman–Crippen LogP) is 0.841. The molecular weight excluding hydrogens is 188 g/mol. The third-order valence-electron chi connectivity index (χ3n) is 2.95. The Balaban J connectivity index is 2.53. The van der Waals surface area contributed by atoms with E-state index >= 15 is 0 Å². The second kappa shape index (κ2) is 5.18. The smallest absolute Gasteiger partial charge is 0.227 e. The highest BCUT2D eigenvalue weighted by Crippen LogP contribution is 2.30. The average molecular weight is 208 g/mol. The van der Waals surface area contributed by atoms with Crippen LogP contribution in [0, 0.1) is 24.2 Å². The number of carbonyl (C=O) groups is 1. The van der Waals surface area contributed by atoms with Crippen LogP contribution in [0.15, 0.2) is 0 Å². The van der Waals surface area contributed by atoms with Crippen molar-refractivity contribution in [3.63, 3.8) is 0 Å². The summed E-state index contributed by atoms with van der Waals surface area (Å²) < 4.78 is 0. The van der Waals surface area contributed by atoms with Gasteiger partial charge in [0.1, 0.15) is 0 Å². The fourth-order valence-corrected chi connectivity index (χ4v) is 1.47. The van der Waals surface area contributed by atoms with Crippen molar-refractivity contribution in [1.29, 1.82) is 0 Å². The maximum atomic E-state index is 12.0. The summed E-state index contributed by atoms with van der Waals surface area (Å²) in [5.41, 5.74) is 5.72. The van der Waals surface area contributed by atoms with E-state index in [-0.39, 0.29) is 17.9 Å². The van der Waals surface area contributed by atoms with Crippen molar-refractivity contribution in [1.82, 2.24) is 4.90 Å². The molecule has 2 unspecified atom stereocenters. The highest BCUT2D eigenvalue weighted by Gasteiger charge is 2.29. The molecule has 2 N–H and O–H groups in total. The lowest BCUT2D eigenvalue weighted by atomic mass is 10.0. The van der Waals surface area contributed by atoms with E-state index < -0.39 is 0 Å². The van der Waals surface area contributed by atoms with Gasteiger partial charge in [0.25, 0.3) is 0 Å². The standard InChI is InChI=1S/C12H20N2O/c1-4-7-14(8-11-5-6-11)12(15)9(2)10(3)13/h1,9-11H,5-8,13H2,2-3H3. The summed E-state index contributed by atoms with van der Waals surface area (Å²) in [6.07, 6.45) is 7.71. The summed E-state index contributed by atoms with van der Waals surface area (Å²) in [7, 11) is 0. The Hall–Kier alpha value is -1.01. The first-order valence-corrected chi connectivity index (χ1v) is 5.54. The first kappa shape index (κ1) is 12.1. The first-order chi connectivity index (χ1) is 7.06. The number of rotatable bonds is 5. The Labute approximate surface area is 92.0 Å². The normalized spacial score (nSPS) is 19.1. The lowest BCUT2D eigenvalue weighted by molar-refractivity contribution is -0.135. The van der Waals surface area contributed by atoms with Crippen LogP contribution >= 0.6 is 0 Å². The summed E-state index contributed by atoms with van der Waals surface area (Å²) >= 11 is 0. The number of nitrogens with two attached hydrogens (primary N) is 1. The van der Waals surface area contributed by atoms with Crippen molar-refractivity contribution in [3.05, 3.63) is 0 Å². The fraction of sp³-hybridized carbons (Fsp3) is 0.750. The minimum absolute atomic E-state index is 0.0925. The van der Waals surface area contributed by atoms with Crippen molar-refractivity contribution < 1.29 is 4.79 Å². The monoisotopic (exact) mass is 208 g/mol. The van der Waals surface area contributed by atoms with Gasteiger partial charge in [-0.3, -0.25) is 4.79 Å². The third-order valence-corrected chi connectivity index (χ3v) is 2.95. The molecule has 0 aromatic heterocycles. The van der Waals surface area contributed by atoms with Crippen LogP contribution in [-0.4, -0.2) is 29.9 Å².